The zero-order valence-corrected chi connectivity index (χ0v) is 10.8. The van der Waals surface area contributed by atoms with E-state index in [1.54, 1.807) is 25.1 Å². The van der Waals surface area contributed by atoms with Crippen LogP contribution >= 0.6 is 11.8 Å². The van der Waals surface area contributed by atoms with Crippen molar-refractivity contribution in [2.75, 3.05) is 11.5 Å². The Kier molecular flexibility index (Phi) is 3.56. The lowest BCUT2D eigenvalue weighted by atomic mass is 9.99. The number of amides is 1. The van der Waals surface area contributed by atoms with Crippen LogP contribution in [-0.2, 0) is 4.79 Å². The van der Waals surface area contributed by atoms with Crippen LogP contribution in [0, 0.1) is 6.92 Å². The van der Waals surface area contributed by atoms with E-state index in [9.17, 15) is 14.7 Å². The number of hydrogen-bond acceptors (Lipinski definition) is 4. The summed E-state index contributed by atoms with van der Waals surface area (Å²) in [6.45, 7) is 1.79. The fourth-order valence-corrected chi connectivity index (χ4v) is 3.16. The number of carbonyl (C=O) groups is 2. The SMILES string of the molecule is Cc1cccc(C(=O)N[C@]2(C(=O)O)CCSC2)n1. The Morgan fingerprint density at radius 3 is 2.83 bits per heavy atom. The minimum atomic E-state index is -1.15. The second-order valence-corrected chi connectivity index (χ2v) is 5.41. The Bertz CT molecular complexity index is 484. The molecule has 1 amide bonds. The first-order valence-corrected chi connectivity index (χ1v) is 6.76. The number of carboxylic acid groups (broad SMARTS) is 1. The van der Waals surface area contributed by atoms with Crippen LogP contribution in [0.5, 0.6) is 0 Å². The molecule has 2 N–H and O–H groups in total. The first-order chi connectivity index (χ1) is 8.53. The van der Waals surface area contributed by atoms with Crippen molar-refractivity contribution in [3.8, 4) is 0 Å². The summed E-state index contributed by atoms with van der Waals surface area (Å²) in [6.07, 6.45) is 0.449. The summed E-state index contributed by atoms with van der Waals surface area (Å²) < 4.78 is 0. The van der Waals surface area contributed by atoms with Gasteiger partial charge in [0.1, 0.15) is 11.2 Å². The van der Waals surface area contributed by atoms with Gasteiger partial charge in [-0.1, -0.05) is 6.07 Å². The summed E-state index contributed by atoms with van der Waals surface area (Å²) in [5.41, 5.74) is -0.159. The van der Waals surface area contributed by atoms with E-state index in [-0.39, 0.29) is 5.69 Å². The molecule has 0 bridgehead atoms. The third-order valence-corrected chi connectivity index (χ3v) is 4.09. The van der Waals surface area contributed by atoms with E-state index in [2.05, 4.69) is 10.3 Å². The van der Waals surface area contributed by atoms with Crippen LogP contribution in [0.4, 0.5) is 0 Å². The molecule has 1 aliphatic heterocycles. The molecule has 1 aliphatic rings. The minimum absolute atomic E-state index is 0.257. The van der Waals surface area contributed by atoms with Crippen molar-refractivity contribution in [3.63, 3.8) is 0 Å². The molecular formula is C12H14N2O3S. The molecule has 1 saturated heterocycles. The topological polar surface area (TPSA) is 79.3 Å². The van der Waals surface area contributed by atoms with Gasteiger partial charge in [0.2, 0.25) is 0 Å². The number of carboxylic acids is 1. The Morgan fingerprint density at radius 1 is 1.50 bits per heavy atom. The number of aromatic nitrogens is 1. The molecule has 0 radical (unpaired) electrons. The van der Waals surface area contributed by atoms with Gasteiger partial charge in [-0.3, -0.25) is 4.79 Å². The number of hydrogen-bond donors (Lipinski definition) is 2. The molecule has 1 fully saturated rings. The quantitative estimate of drug-likeness (QED) is 0.856. The molecule has 0 spiro atoms. The number of nitrogens with one attached hydrogen (secondary N) is 1. The number of pyridine rings is 1. The van der Waals surface area contributed by atoms with Crippen molar-refractivity contribution in [2.45, 2.75) is 18.9 Å². The average Bonchev–Trinajstić information content (AvgIpc) is 2.79. The molecule has 1 atom stereocenters. The standard InChI is InChI=1S/C12H14N2O3S/c1-8-3-2-4-9(13-8)10(15)14-12(11(16)17)5-6-18-7-12/h2-4H,5-7H2,1H3,(H,14,15)(H,16,17)/t12-/m1/s1. The Morgan fingerprint density at radius 2 is 2.28 bits per heavy atom. The van der Waals surface area contributed by atoms with Crippen LogP contribution in [0.1, 0.15) is 22.6 Å². The van der Waals surface area contributed by atoms with Crippen molar-refractivity contribution in [1.82, 2.24) is 10.3 Å². The summed E-state index contributed by atoms with van der Waals surface area (Å²) in [6, 6.07) is 5.10. The second kappa shape index (κ2) is 4.97. The molecule has 0 saturated carbocycles. The molecule has 2 heterocycles. The zero-order valence-electron chi connectivity index (χ0n) is 9.97. The van der Waals surface area contributed by atoms with Crippen LogP contribution in [0.3, 0.4) is 0 Å². The van der Waals surface area contributed by atoms with Gasteiger partial charge in [0.05, 0.1) is 0 Å². The number of aryl methyl sites for hydroxylation is 1. The number of thioether (sulfide) groups is 1. The van der Waals surface area contributed by atoms with Crippen LogP contribution in [-0.4, -0.2) is 39.0 Å². The lowest BCUT2D eigenvalue weighted by Gasteiger charge is -2.24. The molecular weight excluding hydrogens is 252 g/mol. The van der Waals surface area contributed by atoms with E-state index in [1.165, 1.54) is 11.8 Å². The smallest absolute Gasteiger partial charge is 0.330 e. The second-order valence-electron chi connectivity index (χ2n) is 4.31. The molecule has 0 unspecified atom stereocenters. The number of nitrogens with zero attached hydrogens (tertiary/aromatic N) is 1. The summed E-state index contributed by atoms with van der Waals surface area (Å²) in [5.74, 6) is -0.259. The number of aliphatic carboxylic acids is 1. The zero-order chi connectivity index (χ0) is 13.2. The molecule has 0 aromatic carbocycles. The predicted octanol–water partition coefficient (Wildman–Crippen LogP) is 1.08. The summed E-state index contributed by atoms with van der Waals surface area (Å²) in [4.78, 5) is 27.4. The Balaban J connectivity index is 2.18. The average molecular weight is 266 g/mol. The van der Waals surface area contributed by atoms with Gasteiger partial charge in [-0.05, 0) is 31.2 Å². The van der Waals surface area contributed by atoms with Crippen molar-refractivity contribution in [2.24, 2.45) is 0 Å². The third kappa shape index (κ3) is 2.48. The number of carbonyl (C=O) groups excluding carboxylic acids is 1. The van der Waals surface area contributed by atoms with Gasteiger partial charge in [-0.2, -0.15) is 11.8 Å². The highest BCUT2D eigenvalue weighted by molar-refractivity contribution is 7.99. The molecule has 1 aromatic heterocycles. The van der Waals surface area contributed by atoms with Gasteiger partial charge < -0.3 is 10.4 Å². The van der Waals surface area contributed by atoms with E-state index in [0.29, 0.717) is 12.2 Å². The van der Waals surface area contributed by atoms with Gasteiger partial charge in [0.15, 0.2) is 0 Å². The van der Waals surface area contributed by atoms with E-state index >= 15 is 0 Å². The highest BCUT2D eigenvalue weighted by Crippen LogP contribution is 2.28. The number of rotatable bonds is 3. The maximum absolute atomic E-state index is 12.0. The van der Waals surface area contributed by atoms with E-state index in [0.717, 1.165) is 11.4 Å². The molecule has 6 heteroatoms. The van der Waals surface area contributed by atoms with Crippen molar-refractivity contribution >= 4 is 23.6 Å². The summed E-state index contributed by atoms with van der Waals surface area (Å²) in [7, 11) is 0. The van der Waals surface area contributed by atoms with Crippen LogP contribution < -0.4 is 5.32 Å². The molecule has 5 nitrogen and oxygen atoms in total. The van der Waals surface area contributed by atoms with Crippen molar-refractivity contribution in [3.05, 3.63) is 29.6 Å². The lowest BCUT2D eigenvalue weighted by Crippen LogP contribution is -2.54. The van der Waals surface area contributed by atoms with Crippen LogP contribution in [0.2, 0.25) is 0 Å². The van der Waals surface area contributed by atoms with E-state index in [4.69, 9.17) is 0 Å². The Labute approximate surface area is 109 Å². The monoisotopic (exact) mass is 266 g/mol. The van der Waals surface area contributed by atoms with Gasteiger partial charge >= 0.3 is 5.97 Å². The highest BCUT2D eigenvalue weighted by atomic mass is 32.2. The van der Waals surface area contributed by atoms with Crippen molar-refractivity contribution in [1.29, 1.82) is 0 Å². The highest BCUT2D eigenvalue weighted by Gasteiger charge is 2.43. The first-order valence-electron chi connectivity index (χ1n) is 5.61. The maximum atomic E-state index is 12.0. The molecule has 96 valence electrons. The molecule has 0 aliphatic carbocycles. The summed E-state index contributed by atoms with van der Waals surface area (Å²) in [5, 5.41) is 11.9. The summed E-state index contributed by atoms with van der Waals surface area (Å²) >= 11 is 1.53. The normalized spacial score (nSPS) is 22.7. The van der Waals surface area contributed by atoms with Crippen LogP contribution in [0.15, 0.2) is 18.2 Å². The van der Waals surface area contributed by atoms with Gasteiger partial charge in [0.25, 0.3) is 5.91 Å². The van der Waals surface area contributed by atoms with Gasteiger partial charge in [0, 0.05) is 11.4 Å². The van der Waals surface area contributed by atoms with E-state index in [1.807, 2.05) is 0 Å². The van der Waals surface area contributed by atoms with E-state index < -0.39 is 17.4 Å². The molecule has 18 heavy (non-hydrogen) atoms. The van der Waals surface area contributed by atoms with Gasteiger partial charge in [-0.25, -0.2) is 9.78 Å². The van der Waals surface area contributed by atoms with Gasteiger partial charge in [-0.15, -0.1) is 0 Å². The predicted molar refractivity (Wildman–Crippen MR) is 68.7 cm³/mol. The fraction of sp³-hybridized carbons (Fsp3) is 0.417. The minimum Gasteiger partial charge on any atom is -0.479 e. The van der Waals surface area contributed by atoms with Crippen LogP contribution in [0.25, 0.3) is 0 Å². The molecule has 1 aromatic rings. The first kappa shape index (κ1) is 12.9. The fourth-order valence-electron chi connectivity index (χ4n) is 1.84. The van der Waals surface area contributed by atoms with Crippen molar-refractivity contribution < 1.29 is 14.7 Å². The largest absolute Gasteiger partial charge is 0.479 e. The molecule has 2 rings (SSSR count). The third-order valence-electron chi connectivity index (χ3n) is 2.90. The lowest BCUT2D eigenvalue weighted by molar-refractivity contribution is -0.143. The maximum Gasteiger partial charge on any atom is 0.330 e. The Hall–Kier alpha value is -1.56.